The number of piperazine rings is 1. The third kappa shape index (κ3) is 4.74. The Hall–Kier alpha value is -0.660. The number of amides is 1. The van der Waals surface area contributed by atoms with Crippen LogP contribution in [0.1, 0.15) is 27.2 Å². The molecular weight excluding hydrogens is 266 g/mol. The van der Waals surface area contributed by atoms with Crippen LogP contribution in [0, 0.1) is 0 Å². The van der Waals surface area contributed by atoms with Gasteiger partial charge in [-0.1, -0.05) is 6.92 Å². The van der Waals surface area contributed by atoms with Crippen LogP contribution in [-0.4, -0.2) is 68.0 Å². The maximum absolute atomic E-state index is 12.0. The summed E-state index contributed by atoms with van der Waals surface area (Å²) >= 11 is 0. The van der Waals surface area contributed by atoms with Gasteiger partial charge in [-0.15, -0.1) is 0 Å². The minimum atomic E-state index is -3.16. The van der Waals surface area contributed by atoms with E-state index in [2.05, 4.69) is 5.32 Å². The molecule has 1 rings (SSSR count). The fraction of sp³-hybridized carbons (Fsp3) is 0.917. The van der Waals surface area contributed by atoms with Crippen molar-refractivity contribution in [3.63, 3.8) is 0 Å². The summed E-state index contributed by atoms with van der Waals surface area (Å²) in [6.07, 6.45) is 0.923. The monoisotopic (exact) mass is 291 g/mol. The second-order valence-electron chi connectivity index (χ2n) is 5.12. The minimum Gasteiger partial charge on any atom is -0.355 e. The van der Waals surface area contributed by atoms with Crippen LogP contribution in [-0.2, 0) is 14.8 Å². The van der Waals surface area contributed by atoms with Gasteiger partial charge in [0, 0.05) is 32.7 Å². The van der Waals surface area contributed by atoms with Crippen molar-refractivity contribution < 1.29 is 13.2 Å². The van der Waals surface area contributed by atoms with Crippen LogP contribution < -0.4 is 5.32 Å². The quantitative estimate of drug-likeness (QED) is 0.740. The van der Waals surface area contributed by atoms with Gasteiger partial charge in [0.2, 0.25) is 15.9 Å². The van der Waals surface area contributed by atoms with E-state index in [0.717, 1.165) is 6.42 Å². The largest absolute Gasteiger partial charge is 0.355 e. The predicted molar refractivity (Wildman–Crippen MR) is 75.4 cm³/mol. The number of carbonyl (C=O) groups excluding carboxylic acids is 1. The number of nitrogens with one attached hydrogen (secondary N) is 1. The molecule has 0 unspecified atom stereocenters. The Morgan fingerprint density at radius 2 is 1.79 bits per heavy atom. The number of hydrogen-bond acceptors (Lipinski definition) is 4. The predicted octanol–water partition coefficient (Wildman–Crippen LogP) is -0.132. The van der Waals surface area contributed by atoms with E-state index in [0.29, 0.717) is 39.3 Å². The zero-order valence-corrected chi connectivity index (χ0v) is 12.9. The van der Waals surface area contributed by atoms with E-state index in [1.807, 2.05) is 11.8 Å². The summed E-state index contributed by atoms with van der Waals surface area (Å²) in [6.45, 7) is 8.63. The Balaban J connectivity index is 2.39. The molecule has 0 aromatic rings. The highest BCUT2D eigenvalue weighted by Gasteiger charge is 2.29. The molecule has 0 aliphatic carbocycles. The molecule has 1 aliphatic rings. The number of rotatable bonds is 6. The standard InChI is InChI=1S/C12H25N3O3S/c1-4-5-13-12(16)10-14-6-8-15(9-7-14)19(17,18)11(2)3/h11H,4-10H2,1-3H3,(H,13,16). The molecule has 1 amide bonds. The molecule has 0 aromatic heterocycles. The Kier molecular flexibility index (Phi) is 6.22. The molecule has 0 aromatic carbocycles. The van der Waals surface area contributed by atoms with Crippen LogP contribution in [0.5, 0.6) is 0 Å². The maximum Gasteiger partial charge on any atom is 0.234 e. The van der Waals surface area contributed by atoms with Gasteiger partial charge in [-0.3, -0.25) is 9.69 Å². The molecule has 0 bridgehead atoms. The molecule has 6 nitrogen and oxygen atoms in total. The van der Waals surface area contributed by atoms with E-state index in [4.69, 9.17) is 0 Å². The average Bonchev–Trinajstić information content (AvgIpc) is 2.36. The highest BCUT2D eigenvalue weighted by molar-refractivity contribution is 7.89. The first-order chi connectivity index (χ1) is 8.87. The van der Waals surface area contributed by atoms with Crippen molar-refractivity contribution in [1.29, 1.82) is 0 Å². The fourth-order valence-electron chi connectivity index (χ4n) is 1.96. The van der Waals surface area contributed by atoms with Gasteiger partial charge in [-0.2, -0.15) is 4.31 Å². The molecule has 1 fully saturated rings. The Labute approximate surface area is 116 Å². The molecule has 0 saturated carbocycles. The molecule has 0 radical (unpaired) electrons. The van der Waals surface area contributed by atoms with Crippen LogP contribution in [0.3, 0.4) is 0 Å². The third-order valence-corrected chi connectivity index (χ3v) is 5.50. The van der Waals surface area contributed by atoms with Gasteiger partial charge in [0.1, 0.15) is 0 Å². The smallest absolute Gasteiger partial charge is 0.234 e. The second-order valence-corrected chi connectivity index (χ2v) is 7.61. The van der Waals surface area contributed by atoms with Gasteiger partial charge in [0.25, 0.3) is 0 Å². The van der Waals surface area contributed by atoms with Crippen molar-refractivity contribution in [3.05, 3.63) is 0 Å². The zero-order chi connectivity index (χ0) is 14.5. The molecule has 0 spiro atoms. The third-order valence-electron chi connectivity index (χ3n) is 3.23. The second kappa shape index (κ2) is 7.21. The lowest BCUT2D eigenvalue weighted by Gasteiger charge is -2.34. The van der Waals surface area contributed by atoms with Gasteiger partial charge in [-0.25, -0.2) is 8.42 Å². The van der Waals surface area contributed by atoms with Crippen LogP contribution in [0.2, 0.25) is 0 Å². The Morgan fingerprint density at radius 3 is 2.26 bits per heavy atom. The molecule has 0 atom stereocenters. The first-order valence-corrected chi connectivity index (χ1v) is 8.36. The lowest BCUT2D eigenvalue weighted by atomic mass is 10.3. The lowest BCUT2D eigenvalue weighted by Crippen LogP contribution is -2.52. The summed E-state index contributed by atoms with van der Waals surface area (Å²) in [4.78, 5) is 13.6. The fourth-order valence-corrected chi connectivity index (χ4v) is 3.23. The molecule has 112 valence electrons. The van der Waals surface area contributed by atoms with E-state index in [-0.39, 0.29) is 11.2 Å². The lowest BCUT2D eigenvalue weighted by molar-refractivity contribution is -0.122. The summed E-state index contributed by atoms with van der Waals surface area (Å²) in [7, 11) is -3.16. The summed E-state index contributed by atoms with van der Waals surface area (Å²) in [5.41, 5.74) is 0. The number of carbonyl (C=O) groups is 1. The Bertz CT molecular complexity index is 387. The van der Waals surface area contributed by atoms with Gasteiger partial charge in [-0.05, 0) is 20.3 Å². The normalized spacial score (nSPS) is 18.7. The number of nitrogens with zero attached hydrogens (tertiary/aromatic N) is 2. The van der Waals surface area contributed by atoms with Crippen molar-refractivity contribution in [2.45, 2.75) is 32.4 Å². The zero-order valence-electron chi connectivity index (χ0n) is 12.1. The molecular formula is C12H25N3O3S. The molecule has 1 aliphatic heterocycles. The van der Waals surface area contributed by atoms with Crippen molar-refractivity contribution in [3.8, 4) is 0 Å². The van der Waals surface area contributed by atoms with Gasteiger partial charge < -0.3 is 5.32 Å². The Morgan fingerprint density at radius 1 is 1.21 bits per heavy atom. The molecule has 1 N–H and O–H groups in total. The number of hydrogen-bond donors (Lipinski definition) is 1. The van der Waals surface area contributed by atoms with Gasteiger partial charge in [0.15, 0.2) is 0 Å². The SMILES string of the molecule is CCCNC(=O)CN1CCN(S(=O)(=O)C(C)C)CC1. The summed E-state index contributed by atoms with van der Waals surface area (Å²) in [5, 5.41) is 2.44. The van der Waals surface area contributed by atoms with Gasteiger partial charge in [0.05, 0.1) is 11.8 Å². The summed E-state index contributed by atoms with van der Waals surface area (Å²) < 4.78 is 25.5. The summed E-state index contributed by atoms with van der Waals surface area (Å²) in [6, 6.07) is 0. The van der Waals surface area contributed by atoms with E-state index >= 15 is 0 Å². The van der Waals surface area contributed by atoms with Crippen molar-refractivity contribution >= 4 is 15.9 Å². The van der Waals surface area contributed by atoms with E-state index < -0.39 is 10.0 Å². The van der Waals surface area contributed by atoms with E-state index in [1.54, 1.807) is 13.8 Å². The van der Waals surface area contributed by atoms with Crippen LogP contribution in [0.25, 0.3) is 0 Å². The van der Waals surface area contributed by atoms with Crippen LogP contribution in [0.15, 0.2) is 0 Å². The highest BCUT2D eigenvalue weighted by atomic mass is 32.2. The first kappa shape index (κ1) is 16.4. The van der Waals surface area contributed by atoms with Crippen molar-refractivity contribution in [2.75, 3.05) is 39.3 Å². The van der Waals surface area contributed by atoms with Crippen LogP contribution in [0.4, 0.5) is 0 Å². The molecule has 7 heteroatoms. The minimum absolute atomic E-state index is 0.0158. The molecule has 1 saturated heterocycles. The van der Waals surface area contributed by atoms with E-state index in [9.17, 15) is 13.2 Å². The maximum atomic E-state index is 12.0. The van der Waals surface area contributed by atoms with Gasteiger partial charge >= 0.3 is 0 Å². The molecule has 19 heavy (non-hydrogen) atoms. The van der Waals surface area contributed by atoms with Crippen LogP contribution >= 0.6 is 0 Å². The average molecular weight is 291 g/mol. The summed E-state index contributed by atoms with van der Waals surface area (Å²) in [5.74, 6) is 0.0158. The number of sulfonamides is 1. The van der Waals surface area contributed by atoms with Crippen molar-refractivity contribution in [1.82, 2.24) is 14.5 Å². The first-order valence-electron chi connectivity index (χ1n) is 6.86. The molecule has 1 heterocycles. The highest BCUT2D eigenvalue weighted by Crippen LogP contribution is 2.11. The van der Waals surface area contributed by atoms with E-state index in [1.165, 1.54) is 4.31 Å². The van der Waals surface area contributed by atoms with Crippen molar-refractivity contribution in [2.24, 2.45) is 0 Å². The topological polar surface area (TPSA) is 69.7 Å².